The fourth-order valence-corrected chi connectivity index (χ4v) is 3.93. The molecule has 0 spiro atoms. The summed E-state index contributed by atoms with van der Waals surface area (Å²) in [6.45, 7) is 5.45. The molecule has 0 saturated carbocycles. The number of aliphatic hydroxyl groups is 1. The average Bonchev–Trinajstić information content (AvgIpc) is 2.80. The van der Waals surface area contributed by atoms with Crippen molar-refractivity contribution in [1.29, 1.82) is 0 Å². The van der Waals surface area contributed by atoms with Gasteiger partial charge in [-0.3, -0.25) is 10.3 Å². The molecule has 194 valence electrons. The Morgan fingerprint density at radius 3 is 2.25 bits per heavy atom. The van der Waals surface area contributed by atoms with E-state index in [-0.39, 0.29) is 25.1 Å². The van der Waals surface area contributed by atoms with Gasteiger partial charge in [-0.2, -0.15) is 13.2 Å². The number of nitrogens with zero attached hydrogens (tertiary/aromatic N) is 1. The SMILES string of the molecule is CC(C)(C)OCC(O)CNC(Cc1ccccc1)(c1cc(F)cc(C(F)(F)F)c1)c1ccc(Cl)cn1. The van der Waals surface area contributed by atoms with E-state index in [9.17, 15) is 22.7 Å². The summed E-state index contributed by atoms with van der Waals surface area (Å²) in [4.78, 5) is 4.40. The molecule has 0 radical (unpaired) electrons. The maximum absolute atomic E-state index is 14.6. The molecule has 36 heavy (non-hydrogen) atoms. The van der Waals surface area contributed by atoms with Crippen LogP contribution in [0.3, 0.4) is 0 Å². The molecule has 2 atom stereocenters. The molecule has 2 unspecified atom stereocenters. The number of halogens is 5. The van der Waals surface area contributed by atoms with Crippen molar-refractivity contribution in [3.05, 3.63) is 100 Å². The molecule has 0 saturated heterocycles. The third kappa shape index (κ3) is 7.49. The molecule has 0 bridgehead atoms. The van der Waals surface area contributed by atoms with Gasteiger partial charge in [-0.1, -0.05) is 41.9 Å². The Morgan fingerprint density at radius 2 is 1.67 bits per heavy atom. The first kappa shape index (κ1) is 28.1. The van der Waals surface area contributed by atoms with Gasteiger partial charge >= 0.3 is 6.18 Å². The standard InChI is InChI=1S/C27H29ClF4N2O2/c1-25(2,3)36-17-23(35)16-34-26(14-18-7-5-4-6-8-18,24-10-9-21(28)15-33-24)19-11-20(27(30,31)32)13-22(29)12-19/h4-13,15,23,34-35H,14,16-17H2,1-3H3. The van der Waals surface area contributed by atoms with Gasteiger partial charge in [0.15, 0.2) is 0 Å². The molecule has 4 nitrogen and oxygen atoms in total. The predicted molar refractivity (Wildman–Crippen MR) is 131 cm³/mol. The Bertz CT molecular complexity index is 1140. The van der Waals surface area contributed by atoms with Crippen LogP contribution in [-0.2, 0) is 22.9 Å². The van der Waals surface area contributed by atoms with E-state index in [1.54, 1.807) is 24.3 Å². The molecular formula is C27H29ClF4N2O2. The fourth-order valence-electron chi connectivity index (χ4n) is 3.82. The number of pyridine rings is 1. The number of nitrogens with one attached hydrogen (secondary N) is 1. The molecule has 9 heteroatoms. The number of benzene rings is 2. The highest BCUT2D eigenvalue weighted by atomic mass is 35.5. The van der Waals surface area contributed by atoms with Crippen molar-refractivity contribution >= 4 is 11.6 Å². The molecule has 0 aliphatic rings. The van der Waals surface area contributed by atoms with E-state index in [0.717, 1.165) is 17.7 Å². The number of aromatic nitrogens is 1. The van der Waals surface area contributed by atoms with E-state index in [2.05, 4.69) is 10.3 Å². The van der Waals surface area contributed by atoms with Gasteiger partial charge in [0, 0.05) is 19.2 Å². The lowest BCUT2D eigenvalue weighted by Crippen LogP contribution is -2.50. The van der Waals surface area contributed by atoms with Crippen LogP contribution >= 0.6 is 11.6 Å². The third-order valence-electron chi connectivity index (χ3n) is 5.54. The molecule has 0 fully saturated rings. The smallest absolute Gasteiger partial charge is 0.389 e. The third-order valence-corrected chi connectivity index (χ3v) is 5.77. The Morgan fingerprint density at radius 1 is 1.00 bits per heavy atom. The summed E-state index contributed by atoms with van der Waals surface area (Å²) >= 11 is 6.04. The van der Waals surface area contributed by atoms with Crippen LogP contribution in [0.4, 0.5) is 17.6 Å². The van der Waals surface area contributed by atoms with Crippen molar-refractivity contribution in [1.82, 2.24) is 10.3 Å². The van der Waals surface area contributed by atoms with E-state index in [1.807, 2.05) is 39.0 Å². The average molecular weight is 525 g/mol. The van der Waals surface area contributed by atoms with Gasteiger partial charge in [0.2, 0.25) is 0 Å². The van der Waals surface area contributed by atoms with Crippen molar-refractivity contribution in [3.63, 3.8) is 0 Å². The second kappa shape index (κ2) is 11.3. The Balaban J connectivity index is 2.15. The number of rotatable bonds is 9. The van der Waals surface area contributed by atoms with E-state index < -0.39 is 34.8 Å². The van der Waals surface area contributed by atoms with Gasteiger partial charge in [-0.25, -0.2) is 4.39 Å². The molecule has 3 aromatic rings. The van der Waals surface area contributed by atoms with Gasteiger partial charge in [0.25, 0.3) is 0 Å². The van der Waals surface area contributed by atoms with Crippen LogP contribution in [-0.4, -0.2) is 34.9 Å². The highest BCUT2D eigenvalue weighted by Crippen LogP contribution is 2.37. The van der Waals surface area contributed by atoms with E-state index >= 15 is 0 Å². The first-order chi connectivity index (χ1) is 16.8. The summed E-state index contributed by atoms with van der Waals surface area (Å²) in [6, 6.07) is 14.6. The summed E-state index contributed by atoms with van der Waals surface area (Å²) in [7, 11) is 0. The van der Waals surface area contributed by atoms with Gasteiger partial charge < -0.3 is 9.84 Å². The monoisotopic (exact) mass is 524 g/mol. The van der Waals surface area contributed by atoms with Crippen molar-refractivity contribution in [2.75, 3.05) is 13.2 Å². The molecule has 0 aliphatic carbocycles. The van der Waals surface area contributed by atoms with Crippen LogP contribution in [0.25, 0.3) is 0 Å². The van der Waals surface area contributed by atoms with E-state index in [1.165, 1.54) is 6.20 Å². The van der Waals surface area contributed by atoms with Crippen molar-refractivity contribution in [2.24, 2.45) is 0 Å². The predicted octanol–water partition coefficient (Wildman–Crippen LogP) is 6.14. The minimum absolute atomic E-state index is 0.0110. The van der Waals surface area contributed by atoms with Gasteiger partial charge in [0.05, 0.1) is 40.1 Å². The number of ether oxygens (including phenoxy) is 1. The van der Waals surface area contributed by atoms with Crippen LogP contribution in [0.5, 0.6) is 0 Å². The maximum atomic E-state index is 14.6. The summed E-state index contributed by atoms with van der Waals surface area (Å²) in [5.41, 5.74) is -1.96. The number of alkyl halides is 3. The second-order valence-corrected chi connectivity index (χ2v) is 10.1. The van der Waals surface area contributed by atoms with Crippen LogP contribution in [0.15, 0.2) is 66.9 Å². The molecule has 1 aromatic heterocycles. The lowest BCUT2D eigenvalue weighted by molar-refractivity contribution is -0.137. The zero-order valence-corrected chi connectivity index (χ0v) is 21.0. The summed E-state index contributed by atoms with van der Waals surface area (Å²) in [5.74, 6) is -1.04. The van der Waals surface area contributed by atoms with Crippen LogP contribution in [0, 0.1) is 5.82 Å². The number of hydrogen-bond acceptors (Lipinski definition) is 4. The quantitative estimate of drug-likeness (QED) is 0.330. The molecule has 0 aliphatic heterocycles. The zero-order valence-electron chi connectivity index (χ0n) is 20.2. The number of aliphatic hydroxyl groups excluding tert-OH is 1. The Labute approximate surface area is 213 Å². The topological polar surface area (TPSA) is 54.4 Å². The Hall–Kier alpha value is -2.52. The molecule has 0 amide bonds. The van der Waals surface area contributed by atoms with Crippen molar-refractivity contribution in [3.8, 4) is 0 Å². The zero-order chi connectivity index (χ0) is 26.6. The maximum Gasteiger partial charge on any atom is 0.416 e. The van der Waals surface area contributed by atoms with Gasteiger partial charge in [-0.15, -0.1) is 0 Å². The molecule has 2 aromatic carbocycles. The summed E-state index contributed by atoms with van der Waals surface area (Å²) in [6.07, 6.45) is -4.26. The van der Waals surface area contributed by atoms with Crippen molar-refractivity contribution in [2.45, 2.75) is 50.6 Å². The van der Waals surface area contributed by atoms with Gasteiger partial charge in [-0.05, 0) is 62.2 Å². The largest absolute Gasteiger partial charge is 0.416 e. The molecule has 1 heterocycles. The van der Waals surface area contributed by atoms with Crippen LogP contribution < -0.4 is 5.32 Å². The second-order valence-electron chi connectivity index (χ2n) is 9.61. The lowest BCUT2D eigenvalue weighted by Gasteiger charge is -2.37. The normalized spacial score (nSPS) is 14.9. The fraction of sp³-hybridized carbons (Fsp3) is 0.370. The molecule has 2 N–H and O–H groups in total. The van der Waals surface area contributed by atoms with E-state index in [0.29, 0.717) is 16.8 Å². The van der Waals surface area contributed by atoms with Gasteiger partial charge in [0.1, 0.15) is 5.82 Å². The Kier molecular flexibility index (Phi) is 8.77. The minimum Gasteiger partial charge on any atom is -0.389 e. The lowest BCUT2D eigenvalue weighted by atomic mass is 9.79. The molecular weight excluding hydrogens is 496 g/mol. The van der Waals surface area contributed by atoms with Crippen LogP contribution in [0.2, 0.25) is 5.02 Å². The highest BCUT2D eigenvalue weighted by molar-refractivity contribution is 6.30. The number of hydrogen-bond donors (Lipinski definition) is 2. The van der Waals surface area contributed by atoms with Crippen LogP contribution in [0.1, 0.15) is 43.2 Å². The highest BCUT2D eigenvalue weighted by Gasteiger charge is 2.39. The summed E-state index contributed by atoms with van der Waals surface area (Å²) in [5, 5.41) is 14.2. The summed E-state index contributed by atoms with van der Waals surface area (Å²) < 4.78 is 61.3. The minimum atomic E-state index is -4.76. The first-order valence-corrected chi connectivity index (χ1v) is 11.8. The van der Waals surface area contributed by atoms with E-state index in [4.69, 9.17) is 16.3 Å². The molecule has 3 rings (SSSR count). The van der Waals surface area contributed by atoms with Crippen molar-refractivity contribution < 1.29 is 27.4 Å². The first-order valence-electron chi connectivity index (χ1n) is 11.4.